The van der Waals surface area contributed by atoms with E-state index in [2.05, 4.69) is 10.2 Å². The Hall–Kier alpha value is -3.44. The zero-order valence-corrected chi connectivity index (χ0v) is 17.4. The topological polar surface area (TPSA) is 67.4 Å². The largest absolute Gasteiger partial charge is 0.507 e. The number of halogens is 1. The molecule has 152 valence electrons. The third-order valence-electron chi connectivity index (χ3n) is 4.73. The first-order valence-corrected chi connectivity index (χ1v) is 9.86. The molecule has 0 atom stereocenters. The van der Waals surface area contributed by atoms with Gasteiger partial charge in [-0.25, -0.2) is 0 Å². The number of hydrogen-bond acceptors (Lipinski definition) is 4. The van der Waals surface area contributed by atoms with Gasteiger partial charge < -0.3 is 14.6 Å². The molecule has 0 amide bonds. The van der Waals surface area contributed by atoms with Gasteiger partial charge in [-0.2, -0.15) is 5.10 Å². The summed E-state index contributed by atoms with van der Waals surface area (Å²) in [6.45, 7) is 4.37. The molecule has 6 heteroatoms. The fraction of sp³-hybridized carbons (Fsp3) is 0.125. The van der Waals surface area contributed by atoms with Gasteiger partial charge in [-0.15, -0.1) is 0 Å². The lowest BCUT2D eigenvalue weighted by atomic mass is 10.1. The van der Waals surface area contributed by atoms with E-state index in [9.17, 15) is 5.11 Å². The van der Waals surface area contributed by atoms with Crippen LogP contribution < -0.4 is 9.47 Å². The van der Waals surface area contributed by atoms with Gasteiger partial charge in [0, 0.05) is 16.7 Å². The molecule has 1 heterocycles. The van der Waals surface area contributed by atoms with Gasteiger partial charge in [-0.05, 0) is 60.9 Å². The smallest absolute Gasteiger partial charge is 0.173 e. The number of ether oxygens (including phenoxy) is 2. The van der Waals surface area contributed by atoms with Gasteiger partial charge in [-0.3, -0.25) is 5.10 Å². The average Bonchev–Trinajstić information content (AvgIpc) is 3.18. The van der Waals surface area contributed by atoms with Gasteiger partial charge in [0.05, 0.1) is 6.20 Å². The number of aromatic hydroxyl groups is 1. The van der Waals surface area contributed by atoms with Crippen molar-refractivity contribution in [1.82, 2.24) is 10.2 Å². The summed E-state index contributed by atoms with van der Waals surface area (Å²) in [6.07, 6.45) is 1.60. The Kier molecular flexibility index (Phi) is 5.63. The van der Waals surface area contributed by atoms with Crippen molar-refractivity contribution in [2.75, 3.05) is 0 Å². The minimum atomic E-state index is 0.0682. The molecular weight excluding hydrogens is 400 g/mol. The minimum absolute atomic E-state index is 0.0682. The van der Waals surface area contributed by atoms with Crippen LogP contribution in [-0.4, -0.2) is 15.3 Å². The highest BCUT2D eigenvalue weighted by atomic mass is 35.5. The Balaban J connectivity index is 1.53. The molecule has 0 saturated carbocycles. The number of aromatic nitrogens is 2. The van der Waals surface area contributed by atoms with Crippen molar-refractivity contribution in [2.24, 2.45) is 0 Å². The molecule has 0 saturated heterocycles. The quantitative estimate of drug-likeness (QED) is 0.377. The Morgan fingerprint density at radius 3 is 2.53 bits per heavy atom. The molecule has 0 aliphatic rings. The molecule has 30 heavy (non-hydrogen) atoms. The summed E-state index contributed by atoms with van der Waals surface area (Å²) in [5.74, 6) is 1.91. The number of H-pyrrole nitrogens is 1. The van der Waals surface area contributed by atoms with E-state index in [0.717, 1.165) is 22.4 Å². The molecule has 0 spiro atoms. The predicted molar refractivity (Wildman–Crippen MR) is 117 cm³/mol. The molecule has 5 nitrogen and oxygen atoms in total. The molecule has 0 bridgehead atoms. The van der Waals surface area contributed by atoms with Crippen LogP contribution in [0.25, 0.3) is 11.3 Å². The molecule has 2 N–H and O–H groups in total. The van der Waals surface area contributed by atoms with Crippen molar-refractivity contribution >= 4 is 11.6 Å². The van der Waals surface area contributed by atoms with Crippen LogP contribution in [0.4, 0.5) is 0 Å². The van der Waals surface area contributed by atoms with Gasteiger partial charge in [0.1, 0.15) is 29.5 Å². The first-order chi connectivity index (χ1) is 14.5. The van der Waals surface area contributed by atoms with Crippen molar-refractivity contribution in [3.63, 3.8) is 0 Å². The lowest BCUT2D eigenvalue weighted by Gasteiger charge is -2.12. The second-order valence-electron chi connectivity index (χ2n) is 7.07. The van der Waals surface area contributed by atoms with E-state index in [1.54, 1.807) is 24.4 Å². The first kappa shape index (κ1) is 19.9. The Morgan fingerprint density at radius 2 is 1.77 bits per heavy atom. The van der Waals surface area contributed by atoms with E-state index in [1.807, 2.05) is 56.3 Å². The number of hydrogen-bond donors (Lipinski definition) is 2. The first-order valence-electron chi connectivity index (χ1n) is 9.49. The number of aromatic amines is 1. The molecular formula is C24H21ClN2O3. The van der Waals surface area contributed by atoms with Crippen molar-refractivity contribution in [3.8, 4) is 34.3 Å². The van der Waals surface area contributed by atoms with Crippen LogP contribution in [0.1, 0.15) is 16.7 Å². The highest BCUT2D eigenvalue weighted by Gasteiger charge is 2.15. The van der Waals surface area contributed by atoms with Crippen LogP contribution in [0.2, 0.25) is 5.02 Å². The van der Waals surface area contributed by atoms with Crippen molar-refractivity contribution in [3.05, 3.63) is 88.6 Å². The maximum atomic E-state index is 10.6. The molecule has 0 radical (unpaired) electrons. The van der Waals surface area contributed by atoms with E-state index < -0.39 is 0 Å². The number of nitrogens with one attached hydrogen (secondary N) is 1. The molecule has 0 aliphatic heterocycles. The standard InChI is InChI=1S/C24H21ClN2O3/c1-15-3-4-16(2)22(11-15)30-23-13-26-27-24(23)20-10-9-19(12-21(20)28)29-14-17-5-7-18(25)8-6-17/h3-13,28H,14H2,1-2H3,(H,26,27). The summed E-state index contributed by atoms with van der Waals surface area (Å²) >= 11 is 5.90. The summed E-state index contributed by atoms with van der Waals surface area (Å²) in [5, 5.41) is 18.3. The number of phenols is 1. The predicted octanol–water partition coefficient (Wildman–Crippen LogP) is 6.42. The molecule has 4 rings (SSSR count). The van der Waals surface area contributed by atoms with Crippen molar-refractivity contribution in [2.45, 2.75) is 20.5 Å². The molecule has 0 unspecified atom stereocenters. The van der Waals surface area contributed by atoms with Crippen LogP contribution in [0, 0.1) is 13.8 Å². The maximum Gasteiger partial charge on any atom is 0.173 e. The van der Waals surface area contributed by atoms with E-state index in [-0.39, 0.29) is 5.75 Å². The Bertz CT molecular complexity index is 1170. The SMILES string of the molecule is Cc1ccc(C)c(Oc2cn[nH]c2-c2ccc(OCc3ccc(Cl)cc3)cc2O)c1. The third-order valence-corrected chi connectivity index (χ3v) is 4.98. The summed E-state index contributed by atoms with van der Waals surface area (Å²) < 4.78 is 11.8. The van der Waals surface area contributed by atoms with Crippen LogP contribution in [-0.2, 0) is 6.61 Å². The third kappa shape index (κ3) is 4.42. The normalized spacial score (nSPS) is 10.8. The van der Waals surface area contributed by atoms with E-state index in [4.69, 9.17) is 21.1 Å². The van der Waals surface area contributed by atoms with Crippen LogP contribution in [0.15, 0.2) is 66.9 Å². The lowest BCUT2D eigenvalue weighted by molar-refractivity contribution is 0.304. The zero-order valence-electron chi connectivity index (χ0n) is 16.6. The van der Waals surface area contributed by atoms with Gasteiger partial charge in [0.2, 0.25) is 0 Å². The number of phenolic OH excluding ortho intramolecular Hbond substituents is 1. The minimum Gasteiger partial charge on any atom is -0.507 e. The van der Waals surface area contributed by atoms with Crippen molar-refractivity contribution < 1.29 is 14.6 Å². The second-order valence-corrected chi connectivity index (χ2v) is 7.51. The molecule has 4 aromatic rings. The number of aryl methyl sites for hydroxylation is 2. The fourth-order valence-corrected chi connectivity index (χ4v) is 3.17. The summed E-state index contributed by atoms with van der Waals surface area (Å²) in [6, 6.07) is 18.6. The molecule has 0 fully saturated rings. The van der Waals surface area contributed by atoms with Crippen molar-refractivity contribution in [1.29, 1.82) is 0 Å². The van der Waals surface area contributed by atoms with Gasteiger partial charge >= 0.3 is 0 Å². The summed E-state index contributed by atoms with van der Waals surface area (Å²) in [7, 11) is 0. The number of nitrogens with zero attached hydrogens (tertiary/aromatic N) is 1. The molecule has 0 aliphatic carbocycles. The number of benzene rings is 3. The zero-order chi connectivity index (χ0) is 21.1. The highest BCUT2D eigenvalue weighted by Crippen LogP contribution is 2.38. The summed E-state index contributed by atoms with van der Waals surface area (Å²) in [5.41, 5.74) is 4.28. The maximum absolute atomic E-state index is 10.6. The molecule has 3 aromatic carbocycles. The fourth-order valence-electron chi connectivity index (χ4n) is 3.04. The van der Waals surface area contributed by atoms with Gasteiger partial charge in [0.25, 0.3) is 0 Å². The molecule has 1 aromatic heterocycles. The average molecular weight is 421 g/mol. The van der Waals surface area contributed by atoms with Crippen LogP contribution in [0.3, 0.4) is 0 Å². The van der Waals surface area contributed by atoms with E-state index in [0.29, 0.717) is 34.4 Å². The number of rotatable bonds is 6. The Morgan fingerprint density at radius 1 is 0.967 bits per heavy atom. The monoisotopic (exact) mass is 420 g/mol. The lowest BCUT2D eigenvalue weighted by Crippen LogP contribution is -1.95. The van der Waals surface area contributed by atoms with E-state index in [1.165, 1.54) is 0 Å². The van der Waals surface area contributed by atoms with Crippen LogP contribution >= 0.6 is 11.6 Å². The summed E-state index contributed by atoms with van der Waals surface area (Å²) in [4.78, 5) is 0. The van der Waals surface area contributed by atoms with Gasteiger partial charge in [0.15, 0.2) is 5.75 Å². The second kappa shape index (κ2) is 8.51. The van der Waals surface area contributed by atoms with Gasteiger partial charge in [-0.1, -0.05) is 35.9 Å². The Labute approximate surface area is 179 Å². The van der Waals surface area contributed by atoms with Crippen LogP contribution in [0.5, 0.6) is 23.0 Å². The highest BCUT2D eigenvalue weighted by molar-refractivity contribution is 6.30. The van der Waals surface area contributed by atoms with E-state index >= 15 is 0 Å².